The van der Waals surface area contributed by atoms with E-state index >= 15 is 0 Å². The molecule has 7 nitrogen and oxygen atoms in total. The Kier molecular flexibility index (Phi) is 9.71. The van der Waals surface area contributed by atoms with E-state index in [4.69, 9.17) is 10.5 Å². The fraction of sp³-hybridized carbons (Fsp3) is 0.529. The highest BCUT2D eigenvalue weighted by Crippen LogP contribution is 2.54. The third kappa shape index (κ3) is 7.67. The van der Waals surface area contributed by atoms with Gasteiger partial charge in [-0.05, 0) is 109 Å². The number of carbonyl (C=O) groups is 2. The second-order valence-electron chi connectivity index (χ2n) is 12.7. The molecule has 0 aromatic heterocycles. The van der Waals surface area contributed by atoms with E-state index in [9.17, 15) is 9.59 Å². The van der Waals surface area contributed by atoms with Gasteiger partial charge in [0.1, 0.15) is 17.7 Å². The number of nitrogens with one attached hydrogen (secondary N) is 2. The minimum atomic E-state index is -0.0621. The molecule has 0 radical (unpaired) electrons. The van der Waals surface area contributed by atoms with Crippen molar-refractivity contribution in [1.82, 2.24) is 10.6 Å². The minimum absolute atomic E-state index is 0.0621. The van der Waals surface area contributed by atoms with Gasteiger partial charge in [0.25, 0.3) is 0 Å². The number of anilines is 1. The molecular weight excluding hydrogens is 510 g/mol. The Bertz CT molecular complexity index is 1360. The predicted molar refractivity (Wildman–Crippen MR) is 164 cm³/mol. The van der Waals surface area contributed by atoms with E-state index in [2.05, 4.69) is 24.5 Å². The number of amides is 2. The molecule has 2 N–H and O–H groups in total. The summed E-state index contributed by atoms with van der Waals surface area (Å²) in [5.74, 6) is 2.30. The number of fused-ring (bicyclic) bond motifs is 3. The molecule has 2 aromatic rings. The summed E-state index contributed by atoms with van der Waals surface area (Å²) in [6.45, 7) is 7.79. The van der Waals surface area contributed by atoms with Crippen molar-refractivity contribution in [1.29, 1.82) is 10.5 Å². The Morgan fingerprint density at radius 1 is 0.927 bits per heavy atom. The van der Waals surface area contributed by atoms with Gasteiger partial charge in [-0.3, -0.25) is 9.59 Å². The molecule has 0 aliphatic heterocycles. The van der Waals surface area contributed by atoms with Crippen LogP contribution in [0.5, 0.6) is 0 Å². The molecule has 2 bridgehead atoms. The Balaban J connectivity index is 1.20. The molecule has 2 aromatic carbocycles. The van der Waals surface area contributed by atoms with E-state index in [-0.39, 0.29) is 29.3 Å². The van der Waals surface area contributed by atoms with Gasteiger partial charge in [0.2, 0.25) is 11.8 Å². The molecule has 4 rings (SSSR count). The Morgan fingerprint density at radius 2 is 1.54 bits per heavy atom. The molecule has 2 saturated carbocycles. The molecule has 41 heavy (non-hydrogen) atoms. The largest absolute Gasteiger partial charge is 0.365 e. The van der Waals surface area contributed by atoms with Crippen LogP contribution in [0, 0.1) is 45.8 Å². The smallest absolute Gasteiger partial charge is 0.239 e. The highest BCUT2D eigenvalue weighted by Gasteiger charge is 2.45. The van der Waals surface area contributed by atoms with Crippen LogP contribution in [0.4, 0.5) is 5.69 Å². The summed E-state index contributed by atoms with van der Waals surface area (Å²) in [5, 5.41) is 26.4. The molecule has 7 heteroatoms. The molecule has 0 saturated heterocycles. The van der Waals surface area contributed by atoms with Crippen LogP contribution in [0.15, 0.2) is 42.0 Å². The van der Waals surface area contributed by atoms with Crippen molar-refractivity contribution >= 4 is 33.8 Å². The number of allylic oxidation sites excluding steroid dienone is 2. The number of carbonyl (C=O) groups excluding carboxylic acids is 2. The van der Waals surface area contributed by atoms with Gasteiger partial charge in [-0.15, -0.1) is 0 Å². The number of hydrogen-bond acceptors (Lipinski definition) is 5. The first-order valence-corrected chi connectivity index (χ1v) is 14.9. The molecule has 216 valence electrons. The Morgan fingerprint density at radius 3 is 2.20 bits per heavy atom. The summed E-state index contributed by atoms with van der Waals surface area (Å²) in [6.07, 6.45) is 7.53. The molecule has 2 amide bonds. The highest BCUT2D eigenvalue weighted by atomic mass is 16.2. The van der Waals surface area contributed by atoms with Crippen LogP contribution in [0.2, 0.25) is 0 Å². The fourth-order valence-electron chi connectivity index (χ4n) is 7.48. The normalized spacial score (nSPS) is 23.1. The number of rotatable bonds is 10. The average molecular weight is 554 g/mol. The quantitative estimate of drug-likeness (QED) is 0.279. The van der Waals surface area contributed by atoms with Crippen molar-refractivity contribution in [3.8, 4) is 12.1 Å². The zero-order valence-electron chi connectivity index (χ0n) is 24.9. The van der Waals surface area contributed by atoms with Crippen molar-refractivity contribution in [3.63, 3.8) is 0 Å². The van der Waals surface area contributed by atoms with E-state index in [0.29, 0.717) is 43.3 Å². The Labute approximate surface area is 244 Å². The van der Waals surface area contributed by atoms with Crippen molar-refractivity contribution in [2.24, 2.45) is 23.2 Å². The summed E-state index contributed by atoms with van der Waals surface area (Å²) in [5.41, 5.74) is 2.71. The van der Waals surface area contributed by atoms with E-state index in [1.54, 1.807) is 6.92 Å². The second kappa shape index (κ2) is 13.2. The van der Waals surface area contributed by atoms with Crippen LogP contribution in [0.25, 0.3) is 16.3 Å². The molecule has 2 aliphatic rings. The predicted octanol–water partition coefficient (Wildman–Crippen LogP) is 5.96. The van der Waals surface area contributed by atoms with Crippen molar-refractivity contribution in [2.45, 2.75) is 65.7 Å². The van der Waals surface area contributed by atoms with Crippen LogP contribution in [-0.2, 0) is 9.59 Å². The van der Waals surface area contributed by atoms with Crippen molar-refractivity contribution < 1.29 is 9.59 Å². The van der Waals surface area contributed by atoms with Crippen molar-refractivity contribution in [3.05, 3.63) is 47.5 Å². The molecule has 0 spiro atoms. The molecule has 2 unspecified atom stereocenters. The van der Waals surface area contributed by atoms with Gasteiger partial charge < -0.3 is 15.5 Å². The van der Waals surface area contributed by atoms with Gasteiger partial charge in [0.05, 0.1) is 6.54 Å². The molecule has 2 aliphatic carbocycles. The van der Waals surface area contributed by atoms with E-state index in [0.717, 1.165) is 27.9 Å². The molecule has 0 heterocycles. The number of likely N-dealkylation sites (N-methyl/N-ethyl adjacent to an activating group) is 1. The van der Waals surface area contributed by atoms with Crippen LogP contribution in [-0.4, -0.2) is 38.5 Å². The SMILES string of the molecule is CC(=C(C#N)C#N)c1ccc2cc(N(C)CC(=O)NCCCNC(=O)CC34CC(C)CC(CC(C)C3)C4)ccc2c1. The Hall–Kier alpha value is -3.84. The monoisotopic (exact) mass is 553 g/mol. The van der Waals surface area contributed by atoms with Crippen molar-refractivity contribution in [2.75, 3.05) is 31.6 Å². The van der Waals surface area contributed by atoms with Crippen LogP contribution in [0.3, 0.4) is 0 Å². The molecule has 2 atom stereocenters. The lowest BCUT2D eigenvalue weighted by Gasteiger charge is -2.49. The summed E-state index contributed by atoms with van der Waals surface area (Å²) < 4.78 is 0. The zero-order valence-corrected chi connectivity index (χ0v) is 24.9. The van der Waals surface area contributed by atoms with Crippen LogP contribution in [0.1, 0.15) is 71.3 Å². The lowest BCUT2D eigenvalue weighted by atomic mass is 9.55. The summed E-state index contributed by atoms with van der Waals surface area (Å²) in [6, 6.07) is 15.7. The maximum atomic E-state index is 12.8. The fourth-order valence-corrected chi connectivity index (χ4v) is 7.48. The lowest BCUT2D eigenvalue weighted by molar-refractivity contribution is -0.126. The summed E-state index contributed by atoms with van der Waals surface area (Å²) >= 11 is 0. The number of nitrogens with zero attached hydrogens (tertiary/aromatic N) is 3. The van der Waals surface area contributed by atoms with Crippen LogP contribution < -0.4 is 15.5 Å². The average Bonchev–Trinajstić information content (AvgIpc) is 2.91. The maximum absolute atomic E-state index is 12.8. The highest BCUT2D eigenvalue weighted by molar-refractivity contribution is 5.90. The zero-order chi connectivity index (χ0) is 29.6. The number of hydrogen-bond donors (Lipinski definition) is 2. The van der Waals surface area contributed by atoms with Gasteiger partial charge in [-0.25, -0.2) is 0 Å². The van der Waals surface area contributed by atoms with Crippen LogP contribution >= 0.6 is 0 Å². The number of benzene rings is 2. The van der Waals surface area contributed by atoms with E-state index < -0.39 is 0 Å². The van der Waals surface area contributed by atoms with Gasteiger partial charge in [-0.2, -0.15) is 10.5 Å². The van der Waals surface area contributed by atoms with Gasteiger partial charge in [0, 0.05) is 32.2 Å². The summed E-state index contributed by atoms with van der Waals surface area (Å²) in [4.78, 5) is 27.3. The first-order valence-electron chi connectivity index (χ1n) is 14.9. The first-order chi connectivity index (χ1) is 19.6. The van der Waals surface area contributed by atoms with E-state index in [1.807, 2.05) is 60.5 Å². The third-order valence-electron chi connectivity index (χ3n) is 8.97. The maximum Gasteiger partial charge on any atom is 0.239 e. The standard InChI is InChI=1S/C34H43N5O2/c1-23-12-26-13-24(2)17-34(16-23,18-26)19-32(40)37-10-5-11-38-33(41)22-39(4)31-9-8-28-14-27(6-7-29(28)15-31)25(3)30(20-35)21-36/h6-9,14-15,23-24,26H,5,10-13,16-19,22H2,1-4H3,(H,37,40)(H,38,41). The lowest BCUT2D eigenvalue weighted by Crippen LogP contribution is -2.42. The van der Waals surface area contributed by atoms with Gasteiger partial charge in [-0.1, -0.05) is 32.0 Å². The number of nitriles is 2. The summed E-state index contributed by atoms with van der Waals surface area (Å²) in [7, 11) is 1.89. The topological polar surface area (TPSA) is 109 Å². The molecule has 2 fully saturated rings. The van der Waals surface area contributed by atoms with Gasteiger partial charge >= 0.3 is 0 Å². The van der Waals surface area contributed by atoms with Gasteiger partial charge in [0.15, 0.2) is 0 Å². The first kappa shape index (κ1) is 30.1. The third-order valence-corrected chi connectivity index (χ3v) is 8.97. The van der Waals surface area contributed by atoms with E-state index in [1.165, 1.54) is 32.1 Å². The second-order valence-corrected chi connectivity index (χ2v) is 12.7. The molecular formula is C34H43N5O2. The minimum Gasteiger partial charge on any atom is -0.365 e.